The molecule has 2 aromatic rings. The van der Waals surface area contributed by atoms with Crippen LogP contribution in [0.1, 0.15) is 51.7 Å². The van der Waals surface area contributed by atoms with Crippen molar-refractivity contribution >= 4 is 31.2 Å². The molecule has 1 heterocycles. The van der Waals surface area contributed by atoms with Crippen LogP contribution >= 0.6 is 0 Å². The Labute approximate surface area is 243 Å². The van der Waals surface area contributed by atoms with E-state index in [0.717, 1.165) is 16.0 Å². The molecule has 0 fully saturated rings. The SMILES string of the molecule is CC(C)C[C@H](NC(=O)[C@H](CC(C)C)N(C(=O)OCc1ccccc1)C(=O)OCc1ccccc1)C(=O)C1=CC=CB1. The van der Waals surface area contributed by atoms with Crippen LogP contribution in [0.25, 0.3) is 0 Å². The lowest BCUT2D eigenvalue weighted by atomic mass is 9.69. The molecule has 0 aromatic heterocycles. The number of hydrogen-bond acceptors (Lipinski definition) is 6. The third-order valence-corrected chi connectivity index (χ3v) is 6.54. The number of carbonyl (C=O) groups excluding carboxylic acids is 4. The summed E-state index contributed by atoms with van der Waals surface area (Å²) in [7, 11) is 0.502. The molecule has 0 radical (unpaired) electrons. The predicted molar refractivity (Wildman–Crippen MR) is 159 cm³/mol. The van der Waals surface area contributed by atoms with Gasteiger partial charge in [0.1, 0.15) is 19.3 Å². The highest BCUT2D eigenvalue weighted by molar-refractivity contribution is 6.60. The van der Waals surface area contributed by atoms with Crippen LogP contribution in [-0.2, 0) is 32.3 Å². The average molecular weight is 558 g/mol. The van der Waals surface area contributed by atoms with Crippen molar-refractivity contribution in [2.45, 2.75) is 65.8 Å². The summed E-state index contributed by atoms with van der Waals surface area (Å²) in [6.07, 6.45) is 2.13. The van der Waals surface area contributed by atoms with Crippen molar-refractivity contribution in [2.75, 3.05) is 0 Å². The van der Waals surface area contributed by atoms with Gasteiger partial charge in [0, 0.05) is 0 Å². The molecule has 2 atom stereocenters. The Morgan fingerprint density at radius 3 is 1.73 bits per heavy atom. The lowest BCUT2D eigenvalue weighted by molar-refractivity contribution is -0.130. The number of amides is 3. The lowest BCUT2D eigenvalue weighted by Crippen LogP contribution is -2.56. The molecule has 0 bridgehead atoms. The minimum Gasteiger partial charge on any atom is -0.444 e. The Morgan fingerprint density at radius 1 is 0.780 bits per heavy atom. The molecule has 8 nitrogen and oxygen atoms in total. The van der Waals surface area contributed by atoms with Gasteiger partial charge >= 0.3 is 12.2 Å². The number of nitrogens with zero attached hydrogens (tertiary/aromatic N) is 1. The Morgan fingerprint density at radius 2 is 1.29 bits per heavy atom. The number of ketones is 1. The first-order valence-electron chi connectivity index (χ1n) is 14.1. The third-order valence-electron chi connectivity index (χ3n) is 6.54. The fourth-order valence-corrected chi connectivity index (χ4v) is 4.51. The van der Waals surface area contributed by atoms with Gasteiger partial charge in [0.25, 0.3) is 0 Å². The predicted octanol–water partition coefficient (Wildman–Crippen LogP) is 5.32. The summed E-state index contributed by atoms with van der Waals surface area (Å²) < 4.78 is 11.0. The van der Waals surface area contributed by atoms with E-state index in [2.05, 4.69) is 5.32 Å². The molecule has 0 saturated carbocycles. The van der Waals surface area contributed by atoms with E-state index in [1.165, 1.54) is 0 Å². The smallest absolute Gasteiger partial charge is 0.420 e. The first-order chi connectivity index (χ1) is 19.7. The molecular weight excluding hydrogens is 519 g/mol. The fourth-order valence-electron chi connectivity index (χ4n) is 4.51. The molecule has 3 rings (SSSR count). The Hall–Kier alpha value is -4.14. The van der Waals surface area contributed by atoms with Crippen molar-refractivity contribution in [3.8, 4) is 0 Å². The first-order valence-corrected chi connectivity index (χ1v) is 14.1. The molecule has 1 aliphatic rings. The Balaban J connectivity index is 1.87. The maximum atomic E-state index is 13.8. The van der Waals surface area contributed by atoms with Crippen LogP contribution < -0.4 is 5.32 Å². The zero-order valence-corrected chi connectivity index (χ0v) is 24.2. The number of nitrogens with one attached hydrogen (secondary N) is 1. The van der Waals surface area contributed by atoms with E-state index in [4.69, 9.17) is 9.47 Å². The summed E-state index contributed by atoms with van der Waals surface area (Å²) >= 11 is 0. The number of benzene rings is 2. The standard InChI is InChI=1S/C32H39BN2O6/c1-22(2)18-27(29(36)26-16-11-17-33-26)34-30(37)28(19-23(3)4)35(31(38)40-20-24-12-7-5-8-13-24)32(39)41-21-25-14-9-6-10-15-25/h5-17,22-23,27-28,33H,18-21H2,1-4H3,(H,34,37)/t27-,28-/m0/s1. The van der Waals surface area contributed by atoms with Crippen LogP contribution in [-0.4, -0.2) is 48.1 Å². The largest absolute Gasteiger partial charge is 0.444 e. The van der Waals surface area contributed by atoms with Crippen molar-refractivity contribution in [1.82, 2.24) is 10.2 Å². The minimum atomic E-state index is -1.25. The summed E-state index contributed by atoms with van der Waals surface area (Å²) in [5, 5.41) is 2.85. The summed E-state index contributed by atoms with van der Waals surface area (Å²) in [5.74, 6) is 1.14. The highest BCUT2D eigenvalue weighted by Gasteiger charge is 2.39. The quantitative estimate of drug-likeness (QED) is 0.334. The van der Waals surface area contributed by atoms with Gasteiger partial charge in [0.2, 0.25) is 5.91 Å². The lowest BCUT2D eigenvalue weighted by Gasteiger charge is -2.31. The molecule has 0 saturated heterocycles. The van der Waals surface area contributed by atoms with Crippen molar-refractivity contribution < 1.29 is 28.7 Å². The summed E-state index contributed by atoms with van der Waals surface area (Å²) in [4.78, 5) is 54.8. The Bertz CT molecular complexity index is 1190. The minimum absolute atomic E-state index is 0.0712. The van der Waals surface area contributed by atoms with Gasteiger partial charge in [-0.15, -0.1) is 5.98 Å². The van der Waals surface area contributed by atoms with E-state index >= 15 is 0 Å². The summed E-state index contributed by atoms with van der Waals surface area (Å²) in [6, 6.07) is 16.0. The Kier molecular flexibility index (Phi) is 11.9. The number of allylic oxidation sites excluding steroid dienone is 2. The molecule has 0 spiro atoms. The van der Waals surface area contributed by atoms with Crippen molar-refractivity contribution in [3.05, 3.63) is 95.4 Å². The maximum absolute atomic E-state index is 13.8. The van der Waals surface area contributed by atoms with Crippen LogP contribution in [0.4, 0.5) is 9.59 Å². The molecule has 2 aromatic carbocycles. The number of carbonyl (C=O) groups is 4. The van der Waals surface area contributed by atoms with E-state index in [1.54, 1.807) is 30.3 Å². The van der Waals surface area contributed by atoms with Gasteiger partial charge < -0.3 is 14.8 Å². The van der Waals surface area contributed by atoms with Crippen LogP contribution in [0.5, 0.6) is 0 Å². The molecule has 0 aliphatic carbocycles. The molecule has 1 aliphatic heterocycles. The molecular formula is C32H39BN2O6. The fraction of sp³-hybridized carbons (Fsp3) is 0.375. The van der Waals surface area contributed by atoms with E-state index < -0.39 is 30.2 Å². The second-order valence-electron chi connectivity index (χ2n) is 11.0. The highest BCUT2D eigenvalue weighted by atomic mass is 16.6. The highest BCUT2D eigenvalue weighted by Crippen LogP contribution is 2.19. The van der Waals surface area contributed by atoms with Crippen LogP contribution in [0.15, 0.2) is 84.3 Å². The van der Waals surface area contributed by atoms with Gasteiger partial charge in [-0.05, 0) is 41.3 Å². The van der Waals surface area contributed by atoms with Crippen molar-refractivity contribution in [1.29, 1.82) is 0 Å². The zero-order chi connectivity index (χ0) is 29.8. The van der Waals surface area contributed by atoms with Crippen molar-refractivity contribution in [2.24, 2.45) is 11.8 Å². The van der Waals surface area contributed by atoms with Crippen LogP contribution in [0.2, 0.25) is 0 Å². The molecule has 9 heteroatoms. The molecule has 0 unspecified atom stereocenters. The number of hydrogen-bond donors (Lipinski definition) is 1. The molecule has 41 heavy (non-hydrogen) atoms. The van der Waals surface area contributed by atoms with Gasteiger partial charge in [-0.1, -0.05) is 101 Å². The topological polar surface area (TPSA) is 102 Å². The molecule has 3 amide bonds. The summed E-state index contributed by atoms with van der Waals surface area (Å²) in [5.41, 5.74) is 2.06. The van der Waals surface area contributed by atoms with Gasteiger partial charge in [-0.2, -0.15) is 4.90 Å². The maximum Gasteiger partial charge on any atom is 0.420 e. The summed E-state index contributed by atoms with van der Waals surface area (Å²) in [6.45, 7) is 7.52. The second-order valence-corrected chi connectivity index (χ2v) is 11.0. The monoisotopic (exact) mass is 558 g/mol. The van der Waals surface area contributed by atoms with Crippen LogP contribution in [0.3, 0.4) is 0 Å². The number of Topliss-reactive ketones (excluding diaryl/α,β-unsaturated/α-hetero) is 1. The second kappa shape index (κ2) is 15.6. The van der Waals surface area contributed by atoms with E-state index in [-0.39, 0.29) is 37.3 Å². The van der Waals surface area contributed by atoms with E-state index in [1.807, 2.05) is 76.1 Å². The van der Waals surface area contributed by atoms with E-state index in [9.17, 15) is 19.2 Å². The average Bonchev–Trinajstić information content (AvgIpc) is 3.50. The molecule has 1 N–H and O–H groups in total. The van der Waals surface area contributed by atoms with E-state index in [0.29, 0.717) is 19.2 Å². The van der Waals surface area contributed by atoms with Gasteiger partial charge in [-0.25, -0.2) is 9.59 Å². The van der Waals surface area contributed by atoms with Gasteiger partial charge in [-0.3, -0.25) is 9.59 Å². The number of ether oxygens (including phenoxy) is 2. The van der Waals surface area contributed by atoms with Crippen LogP contribution in [0, 0.1) is 11.8 Å². The number of rotatable bonds is 13. The van der Waals surface area contributed by atoms with Crippen molar-refractivity contribution in [3.63, 3.8) is 0 Å². The van der Waals surface area contributed by atoms with Gasteiger partial charge in [0.15, 0.2) is 13.1 Å². The molecule has 216 valence electrons. The first kappa shape index (κ1) is 31.4. The zero-order valence-electron chi connectivity index (χ0n) is 24.2. The van der Waals surface area contributed by atoms with Gasteiger partial charge in [0.05, 0.1) is 6.04 Å². The normalized spacial score (nSPS) is 13.7. The third kappa shape index (κ3) is 9.78. The number of imide groups is 1.